The van der Waals surface area contributed by atoms with Gasteiger partial charge in [0.25, 0.3) is 0 Å². The molecule has 1 saturated heterocycles. The van der Waals surface area contributed by atoms with E-state index in [-0.39, 0.29) is 44.4 Å². The lowest BCUT2D eigenvalue weighted by Gasteiger charge is -2.25. The Morgan fingerprint density at radius 2 is 2.06 bits per heavy atom. The van der Waals surface area contributed by atoms with Crippen molar-refractivity contribution in [3.05, 3.63) is 0 Å². The average Bonchev–Trinajstić information content (AvgIpc) is 2.23. The highest BCUT2D eigenvalue weighted by atomic mass is 16.6. The summed E-state index contributed by atoms with van der Waals surface area (Å²) in [5.41, 5.74) is 0. The Hall–Kier alpha value is -1.63. The number of ether oxygens (including phenoxy) is 2. The van der Waals surface area contributed by atoms with Crippen molar-refractivity contribution < 1.29 is 29.0 Å². The van der Waals surface area contributed by atoms with Gasteiger partial charge in [0.15, 0.2) is 0 Å². The highest BCUT2D eigenvalue weighted by Crippen LogP contribution is 2.10. The number of amides is 1. The fraction of sp³-hybridized carbons (Fsp3) is 0.727. The van der Waals surface area contributed by atoms with Crippen molar-refractivity contribution in [2.45, 2.75) is 31.8 Å². The molecule has 1 atom stereocenters. The molecule has 0 aromatic heterocycles. The number of carboxylic acid groups (broad SMARTS) is 1. The number of hydrogen-bond donors (Lipinski definition) is 2. The van der Waals surface area contributed by atoms with Crippen LogP contribution in [-0.4, -0.2) is 48.8 Å². The molecule has 1 aliphatic rings. The molecule has 1 fully saturated rings. The van der Waals surface area contributed by atoms with E-state index in [2.05, 4.69) is 5.32 Å². The molecular weight excluding hydrogens is 242 g/mol. The fourth-order valence-electron chi connectivity index (χ4n) is 1.31. The largest absolute Gasteiger partial charge is 0.481 e. The van der Waals surface area contributed by atoms with Crippen LogP contribution in [0.5, 0.6) is 0 Å². The van der Waals surface area contributed by atoms with E-state index >= 15 is 0 Å². The quantitative estimate of drug-likeness (QED) is 0.580. The number of carboxylic acids is 1. The Morgan fingerprint density at radius 1 is 1.33 bits per heavy atom. The van der Waals surface area contributed by atoms with Gasteiger partial charge in [-0.15, -0.1) is 0 Å². The molecule has 2 N–H and O–H groups in total. The standard InChI is InChI=1S/C11H17NO6/c13-9(2-1-3-10(14)15)12-6-11(16)18-7-8-4-5-17-8/h8H,1-7H2,(H,12,13)(H,14,15). The third-order valence-electron chi connectivity index (χ3n) is 2.45. The SMILES string of the molecule is O=C(O)CCCC(=O)NCC(=O)OCC1CCO1. The van der Waals surface area contributed by atoms with Crippen LogP contribution < -0.4 is 5.32 Å². The summed E-state index contributed by atoms with van der Waals surface area (Å²) >= 11 is 0. The fourth-order valence-corrected chi connectivity index (χ4v) is 1.31. The number of esters is 1. The van der Waals surface area contributed by atoms with E-state index in [0.29, 0.717) is 6.61 Å². The molecule has 0 aromatic rings. The van der Waals surface area contributed by atoms with Crippen LogP contribution in [0.2, 0.25) is 0 Å². The topological polar surface area (TPSA) is 102 Å². The summed E-state index contributed by atoms with van der Waals surface area (Å²) in [4.78, 5) is 32.6. The van der Waals surface area contributed by atoms with Crippen molar-refractivity contribution in [2.24, 2.45) is 0 Å². The van der Waals surface area contributed by atoms with Crippen LogP contribution in [-0.2, 0) is 23.9 Å². The van der Waals surface area contributed by atoms with Gasteiger partial charge in [-0.1, -0.05) is 0 Å². The Kier molecular flexibility index (Phi) is 6.13. The van der Waals surface area contributed by atoms with Gasteiger partial charge in [-0.05, 0) is 6.42 Å². The summed E-state index contributed by atoms with van der Waals surface area (Å²) in [6.45, 7) is 0.717. The summed E-state index contributed by atoms with van der Waals surface area (Å²) < 4.78 is 9.93. The summed E-state index contributed by atoms with van der Waals surface area (Å²) in [7, 11) is 0. The zero-order valence-electron chi connectivity index (χ0n) is 10.0. The maximum atomic E-state index is 11.2. The van der Waals surface area contributed by atoms with E-state index in [4.69, 9.17) is 14.6 Å². The van der Waals surface area contributed by atoms with Crippen molar-refractivity contribution >= 4 is 17.8 Å². The van der Waals surface area contributed by atoms with Crippen LogP contribution in [0, 0.1) is 0 Å². The monoisotopic (exact) mass is 259 g/mol. The second kappa shape index (κ2) is 7.65. The second-order valence-corrected chi connectivity index (χ2v) is 3.99. The number of hydrogen-bond acceptors (Lipinski definition) is 5. The van der Waals surface area contributed by atoms with E-state index in [1.54, 1.807) is 0 Å². The Morgan fingerprint density at radius 3 is 2.61 bits per heavy atom. The number of nitrogens with one attached hydrogen (secondary N) is 1. The van der Waals surface area contributed by atoms with Gasteiger partial charge in [0.2, 0.25) is 5.91 Å². The maximum absolute atomic E-state index is 11.2. The summed E-state index contributed by atoms with van der Waals surface area (Å²) in [6, 6.07) is 0. The molecule has 0 bridgehead atoms. The van der Waals surface area contributed by atoms with E-state index in [1.165, 1.54) is 0 Å². The Balaban J connectivity index is 1.98. The lowest BCUT2D eigenvalue weighted by molar-refractivity contribution is -0.154. The van der Waals surface area contributed by atoms with Gasteiger partial charge in [0.1, 0.15) is 13.2 Å². The minimum Gasteiger partial charge on any atom is -0.481 e. The number of carbonyl (C=O) groups excluding carboxylic acids is 2. The van der Waals surface area contributed by atoms with Gasteiger partial charge in [-0.25, -0.2) is 0 Å². The zero-order valence-corrected chi connectivity index (χ0v) is 10.0. The van der Waals surface area contributed by atoms with Crippen molar-refractivity contribution in [3.8, 4) is 0 Å². The van der Waals surface area contributed by atoms with Gasteiger partial charge >= 0.3 is 11.9 Å². The van der Waals surface area contributed by atoms with Crippen LogP contribution in [0.3, 0.4) is 0 Å². The number of aliphatic carboxylic acids is 1. The van der Waals surface area contributed by atoms with Gasteiger partial charge < -0.3 is 19.9 Å². The molecule has 1 heterocycles. The predicted molar refractivity (Wildman–Crippen MR) is 59.8 cm³/mol. The highest BCUT2D eigenvalue weighted by Gasteiger charge is 2.19. The van der Waals surface area contributed by atoms with Crippen LogP contribution in [0.15, 0.2) is 0 Å². The molecule has 102 valence electrons. The number of carbonyl (C=O) groups is 3. The molecule has 0 radical (unpaired) electrons. The van der Waals surface area contributed by atoms with Gasteiger partial charge in [0, 0.05) is 25.9 Å². The predicted octanol–water partition coefficient (Wildman–Crippen LogP) is -0.310. The molecule has 0 spiro atoms. The van der Waals surface area contributed by atoms with Crippen molar-refractivity contribution in [2.75, 3.05) is 19.8 Å². The average molecular weight is 259 g/mol. The van der Waals surface area contributed by atoms with Gasteiger partial charge in [-0.3, -0.25) is 14.4 Å². The molecule has 18 heavy (non-hydrogen) atoms. The molecule has 7 nitrogen and oxygen atoms in total. The van der Waals surface area contributed by atoms with Crippen LogP contribution in [0.4, 0.5) is 0 Å². The minimum absolute atomic E-state index is 0.0137. The molecule has 1 unspecified atom stereocenters. The third-order valence-corrected chi connectivity index (χ3v) is 2.45. The van der Waals surface area contributed by atoms with E-state index < -0.39 is 11.9 Å². The summed E-state index contributed by atoms with van der Waals surface area (Å²) in [5, 5.41) is 10.7. The lowest BCUT2D eigenvalue weighted by atomic mass is 10.2. The molecule has 0 aromatic carbocycles. The van der Waals surface area contributed by atoms with E-state index in [9.17, 15) is 14.4 Å². The van der Waals surface area contributed by atoms with Crippen molar-refractivity contribution in [1.82, 2.24) is 5.32 Å². The van der Waals surface area contributed by atoms with Gasteiger partial charge in [-0.2, -0.15) is 0 Å². The van der Waals surface area contributed by atoms with Crippen LogP contribution in [0.1, 0.15) is 25.7 Å². The first-order valence-electron chi connectivity index (χ1n) is 5.83. The molecular formula is C11H17NO6. The maximum Gasteiger partial charge on any atom is 0.325 e. The highest BCUT2D eigenvalue weighted by molar-refractivity contribution is 5.82. The van der Waals surface area contributed by atoms with E-state index in [0.717, 1.165) is 6.42 Å². The first-order chi connectivity index (χ1) is 8.58. The summed E-state index contributed by atoms with van der Waals surface area (Å²) in [5.74, 6) is -1.81. The normalized spacial score (nSPS) is 17.7. The second-order valence-electron chi connectivity index (χ2n) is 3.99. The first-order valence-corrected chi connectivity index (χ1v) is 5.83. The first kappa shape index (κ1) is 14.4. The minimum atomic E-state index is -0.942. The van der Waals surface area contributed by atoms with Crippen molar-refractivity contribution in [3.63, 3.8) is 0 Å². The van der Waals surface area contributed by atoms with Crippen molar-refractivity contribution in [1.29, 1.82) is 0 Å². The number of rotatable bonds is 8. The molecule has 1 aliphatic heterocycles. The Labute approximate surface area is 104 Å². The Bertz CT molecular complexity index is 313. The molecule has 0 saturated carbocycles. The van der Waals surface area contributed by atoms with Crippen LogP contribution in [0.25, 0.3) is 0 Å². The smallest absolute Gasteiger partial charge is 0.325 e. The van der Waals surface area contributed by atoms with Gasteiger partial charge in [0.05, 0.1) is 6.10 Å². The lowest BCUT2D eigenvalue weighted by Crippen LogP contribution is -2.35. The zero-order chi connectivity index (χ0) is 13.4. The molecule has 1 rings (SSSR count). The van der Waals surface area contributed by atoms with E-state index in [1.807, 2.05) is 0 Å². The summed E-state index contributed by atoms with van der Waals surface area (Å²) in [6.07, 6.45) is 1.16. The molecule has 0 aliphatic carbocycles. The van der Waals surface area contributed by atoms with Crippen LogP contribution >= 0.6 is 0 Å². The molecule has 1 amide bonds. The third kappa shape index (κ3) is 6.19. The molecule has 7 heteroatoms.